The normalized spacial score (nSPS) is 23.2. The molecule has 3 aliphatic rings. The van der Waals surface area contributed by atoms with Crippen LogP contribution in [0.2, 0.25) is 0 Å². The Bertz CT molecular complexity index is 1400. The van der Waals surface area contributed by atoms with Crippen LogP contribution in [0.1, 0.15) is 156 Å². The summed E-state index contributed by atoms with van der Waals surface area (Å²) in [7, 11) is 0. The summed E-state index contributed by atoms with van der Waals surface area (Å²) in [5, 5.41) is 0. The van der Waals surface area contributed by atoms with Gasteiger partial charge in [0, 0.05) is 11.8 Å². The van der Waals surface area contributed by atoms with Crippen LogP contribution >= 0.6 is 0 Å². The third-order valence-corrected chi connectivity index (χ3v) is 10.7. The van der Waals surface area contributed by atoms with Crippen LogP contribution in [0.25, 0.3) is 0 Å². The van der Waals surface area contributed by atoms with Crippen LogP contribution in [-0.2, 0) is 28.7 Å². The number of fused-ring (bicyclic) bond motifs is 3. The first-order valence-corrected chi connectivity index (χ1v) is 18.7. The Kier molecular flexibility index (Phi) is 13.3. The van der Waals surface area contributed by atoms with Crippen molar-refractivity contribution < 1.29 is 33.4 Å². The lowest BCUT2D eigenvalue weighted by Crippen LogP contribution is -2.38. The van der Waals surface area contributed by atoms with E-state index in [9.17, 15) is 19.2 Å². The smallest absolute Gasteiger partial charge is 0.321 e. The maximum atomic E-state index is 13.2. The fraction of sp³-hybridized carbons (Fsp3) is 0.610. The summed E-state index contributed by atoms with van der Waals surface area (Å²) in [6.07, 6.45) is 21.2. The zero-order chi connectivity index (χ0) is 33.9. The second kappa shape index (κ2) is 17.8. The van der Waals surface area contributed by atoms with Gasteiger partial charge in [0.2, 0.25) is 0 Å². The van der Waals surface area contributed by atoms with E-state index in [0.717, 1.165) is 35.3 Å². The van der Waals surface area contributed by atoms with Crippen LogP contribution < -0.4 is 4.74 Å². The molecule has 0 saturated carbocycles. The molecule has 5 unspecified atom stereocenters. The van der Waals surface area contributed by atoms with Crippen LogP contribution in [0.3, 0.4) is 0 Å². The number of esters is 4. The van der Waals surface area contributed by atoms with Gasteiger partial charge in [0.05, 0.1) is 30.8 Å². The number of aryl methyl sites for hydroxylation is 1. The maximum Gasteiger partial charge on any atom is 0.321 e. The van der Waals surface area contributed by atoms with Crippen LogP contribution in [0, 0.1) is 18.8 Å². The Labute approximate surface area is 286 Å². The predicted octanol–water partition coefficient (Wildman–Crippen LogP) is 9.39. The molecule has 2 aromatic carbocycles. The van der Waals surface area contributed by atoms with E-state index in [1.54, 1.807) is 0 Å². The van der Waals surface area contributed by atoms with E-state index in [1.165, 1.54) is 89.9 Å². The Morgan fingerprint density at radius 3 is 1.75 bits per heavy atom. The van der Waals surface area contributed by atoms with Gasteiger partial charge in [-0.3, -0.25) is 19.2 Å². The number of carbonyl (C=O) groups is 4. The second-order valence-electron chi connectivity index (χ2n) is 14.3. The number of hydrogen-bond acceptors (Lipinski definition) is 7. The average Bonchev–Trinajstić information content (AvgIpc) is 3.57. The van der Waals surface area contributed by atoms with E-state index in [4.69, 9.17) is 14.2 Å². The zero-order valence-corrected chi connectivity index (χ0v) is 29.0. The molecule has 2 aliphatic heterocycles. The van der Waals surface area contributed by atoms with E-state index in [-0.39, 0.29) is 6.42 Å². The summed E-state index contributed by atoms with van der Waals surface area (Å²) in [6, 6.07) is 13.3. The molecule has 2 aromatic rings. The number of hydrogen-bond donors (Lipinski definition) is 0. The first-order chi connectivity index (χ1) is 23.4. The summed E-state index contributed by atoms with van der Waals surface area (Å²) >= 11 is 0. The molecule has 0 aromatic heterocycles. The highest BCUT2D eigenvalue weighted by Crippen LogP contribution is 2.58. The zero-order valence-electron chi connectivity index (χ0n) is 29.0. The van der Waals surface area contributed by atoms with Crippen LogP contribution in [0.4, 0.5) is 0 Å². The molecule has 0 bridgehead atoms. The molecule has 2 saturated heterocycles. The largest absolute Gasteiger partial charge is 0.494 e. The molecule has 5 rings (SSSR count). The fourth-order valence-electron chi connectivity index (χ4n) is 8.15. The van der Waals surface area contributed by atoms with E-state index < -0.39 is 53.5 Å². The van der Waals surface area contributed by atoms with Gasteiger partial charge in [-0.05, 0) is 42.2 Å². The number of ether oxygens (including phenoxy) is 3. The summed E-state index contributed by atoms with van der Waals surface area (Å²) in [6.45, 7) is 4.83. The molecule has 7 heteroatoms. The SMILES string of the molecule is CCCCCCCCCCCCCCCCCCOc1ccc(C2C3C(=O)OC(=O)C3c3cc(C)ccc3C2C2CC(=O)OC2=O)cc1. The Morgan fingerprint density at radius 1 is 0.604 bits per heavy atom. The lowest BCUT2D eigenvalue weighted by atomic mass is 9.59. The Hall–Kier alpha value is -3.48. The first kappa shape index (κ1) is 35.8. The number of carbonyl (C=O) groups excluding carboxylic acids is 4. The topological polar surface area (TPSA) is 96.0 Å². The van der Waals surface area contributed by atoms with Gasteiger partial charge in [0.1, 0.15) is 5.75 Å². The van der Waals surface area contributed by atoms with Crippen LogP contribution in [0.5, 0.6) is 5.75 Å². The first-order valence-electron chi connectivity index (χ1n) is 18.7. The quantitative estimate of drug-likeness (QED) is 0.0794. The van der Waals surface area contributed by atoms with E-state index >= 15 is 0 Å². The highest BCUT2D eigenvalue weighted by Gasteiger charge is 2.59. The van der Waals surface area contributed by atoms with Gasteiger partial charge < -0.3 is 14.2 Å². The number of benzene rings is 2. The van der Waals surface area contributed by atoms with E-state index in [1.807, 2.05) is 49.4 Å². The number of cyclic esters (lactones) is 4. The standard InChI is InChI=1S/C41H54O7/c1-3-4-5-6-7-8-9-10-11-12-13-14-15-16-17-18-25-46-30-22-20-29(21-23-30)35-36(33-27-34(42)47-39(33)43)31-24-19-28(2)26-32(31)37-38(35)41(45)48-40(37)44/h19-24,26,33,35-38H,3-18,25,27H2,1-2H3. The van der Waals surface area contributed by atoms with E-state index in [0.29, 0.717) is 12.2 Å². The molecule has 2 fully saturated rings. The molecule has 0 amide bonds. The molecule has 0 radical (unpaired) electrons. The molecule has 2 heterocycles. The molecular weight excluding hydrogens is 604 g/mol. The predicted molar refractivity (Wildman–Crippen MR) is 185 cm³/mol. The number of unbranched alkanes of at least 4 members (excludes halogenated alkanes) is 15. The minimum atomic E-state index is -0.794. The fourth-order valence-corrected chi connectivity index (χ4v) is 8.15. The molecule has 48 heavy (non-hydrogen) atoms. The van der Waals surface area contributed by atoms with Crippen LogP contribution in [-0.4, -0.2) is 30.5 Å². The van der Waals surface area contributed by atoms with Gasteiger partial charge in [0.25, 0.3) is 0 Å². The molecule has 260 valence electrons. The highest BCUT2D eigenvalue weighted by molar-refractivity contribution is 6.02. The lowest BCUT2D eigenvalue weighted by molar-refractivity contribution is -0.155. The van der Waals surface area contributed by atoms with Crippen molar-refractivity contribution in [2.75, 3.05) is 6.61 Å². The lowest BCUT2D eigenvalue weighted by Gasteiger charge is -2.40. The van der Waals surface area contributed by atoms with Gasteiger partial charge in [-0.1, -0.05) is 139 Å². The van der Waals surface area contributed by atoms with Crippen molar-refractivity contribution in [1.29, 1.82) is 0 Å². The Morgan fingerprint density at radius 2 is 1.19 bits per heavy atom. The van der Waals surface area contributed by atoms with Crippen molar-refractivity contribution in [3.05, 3.63) is 64.7 Å². The van der Waals surface area contributed by atoms with Crippen molar-refractivity contribution >= 4 is 23.9 Å². The van der Waals surface area contributed by atoms with Gasteiger partial charge in [0.15, 0.2) is 0 Å². The highest BCUT2D eigenvalue weighted by atomic mass is 16.6. The van der Waals surface area contributed by atoms with Gasteiger partial charge >= 0.3 is 23.9 Å². The molecule has 7 nitrogen and oxygen atoms in total. The minimum Gasteiger partial charge on any atom is -0.494 e. The van der Waals surface area contributed by atoms with Crippen molar-refractivity contribution in [2.24, 2.45) is 11.8 Å². The van der Waals surface area contributed by atoms with Crippen molar-refractivity contribution in [1.82, 2.24) is 0 Å². The summed E-state index contributed by atoms with van der Waals surface area (Å²) in [4.78, 5) is 51.3. The van der Waals surface area contributed by atoms with E-state index in [2.05, 4.69) is 6.92 Å². The molecule has 0 spiro atoms. The van der Waals surface area contributed by atoms with Crippen molar-refractivity contribution in [3.8, 4) is 5.75 Å². The molecule has 1 aliphatic carbocycles. The molecular formula is C41H54O7. The summed E-state index contributed by atoms with van der Waals surface area (Å²) < 4.78 is 16.2. The van der Waals surface area contributed by atoms with Crippen molar-refractivity contribution in [2.45, 2.75) is 141 Å². The average molecular weight is 659 g/mol. The van der Waals surface area contributed by atoms with Gasteiger partial charge in [-0.25, -0.2) is 0 Å². The Balaban J connectivity index is 1.09. The van der Waals surface area contributed by atoms with Gasteiger partial charge in [-0.2, -0.15) is 0 Å². The van der Waals surface area contributed by atoms with Crippen molar-refractivity contribution in [3.63, 3.8) is 0 Å². The van der Waals surface area contributed by atoms with Gasteiger partial charge in [-0.15, -0.1) is 0 Å². The molecule has 0 N–H and O–H groups in total. The molecule has 5 atom stereocenters. The van der Waals surface area contributed by atoms with Crippen LogP contribution in [0.15, 0.2) is 42.5 Å². The third-order valence-electron chi connectivity index (χ3n) is 10.7. The summed E-state index contributed by atoms with van der Waals surface area (Å²) in [5.41, 5.74) is 3.23. The minimum absolute atomic E-state index is 0.0613. The monoisotopic (exact) mass is 658 g/mol. The number of rotatable bonds is 20. The second-order valence-corrected chi connectivity index (χ2v) is 14.3. The summed E-state index contributed by atoms with van der Waals surface area (Å²) in [5.74, 6) is -4.93. The maximum absolute atomic E-state index is 13.2. The third kappa shape index (κ3) is 8.95.